The van der Waals surface area contributed by atoms with Gasteiger partial charge in [0.05, 0.1) is 5.02 Å². The summed E-state index contributed by atoms with van der Waals surface area (Å²) >= 11 is 6.01. The Morgan fingerprint density at radius 1 is 0.960 bits per heavy atom. The van der Waals surface area contributed by atoms with Crippen molar-refractivity contribution < 1.29 is 18.3 Å². The summed E-state index contributed by atoms with van der Waals surface area (Å²) in [7, 11) is -3.68. The van der Waals surface area contributed by atoms with Crippen LogP contribution in [0.25, 0.3) is 0 Å². The maximum absolute atomic E-state index is 12.7. The van der Waals surface area contributed by atoms with Gasteiger partial charge in [-0.2, -0.15) is 4.31 Å². The van der Waals surface area contributed by atoms with Gasteiger partial charge < -0.3 is 10.0 Å². The first-order chi connectivity index (χ1) is 11.9. The van der Waals surface area contributed by atoms with Gasteiger partial charge in [-0.15, -0.1) is 0 Å². The Morgan fingerprint density at radius 3 is 2.16 bits per heavy atom. The van der Waals surface area contributed by atoms with E-state index in [1.807, 2.05) is 0 Å². The van der Waals surface area contributed by atoms with Gasteiger partial charge in [-0.1, -0.05) is 23.7 Å². The number of carbonyl (C=O) groups excluding carboxylic acids is 1. The Balaban J connectivity index is 1.70. The van der Waals surface area contributed by atoms with Gasteiger partial charge in [0.15, 0.2) is 0 Å². The largest absolute Gasteiger partial charge is 0.508 e. The Labute approximate surface area is 151 Å². The minimum Gasteiger partial charge on any atom is -0.508 e. The minimum absolute atomic E-state index is 0.0787. The third-order valence-electron chi connectivity index (χ3n) is 4.09. The molecule has 1 N–H and O–H groups in total. The summed E-state index contributed by atoms with van der Waals surface area (Å²) in [4.78, 5) is 14.1. The second-order valence-electron chi connectivity index (χ2n) is 5.67. The van der Waals surface area contributed by atoms with E-state index < -0.39 is 10.0 Å². The quantitative estimate of drug-likeness (QED) is 0.885. The van der Waals surface area contributed by atoms with Crippen LogP contribution in [0.4, 0.5) is 0 Å². The minimum atomic E-state index is -3.68. The lowest BCUT2D eigenvalue weighted by Crippen LogP contribution is -2.50. The SMILES string of the molecule is O=C(c1ccc(O)cc1)N1CCN(S(=O)(=O)c2ccccc2Cl)CC1. The van der Waals surface area contributed by atoms with Crippen molar-refractivity contribution in [2.24, 2.45) is 0 Å². The molecule has 0 atom stereocenters. The third-order valence-corrected chi connectivity index (χ3v) is 6.49. The Morgan fingerprint density at radius 2 is 1.56 bits per heavy atom. The second-order valence-corrected chi connectivity index (χ2v) is 7.99. The maximum atomic E-state index is 12.7. The summed E-state index contributed by atoms with van der Waals surface area (Å²) < 4.78 is 26.7. The van der Waals surface area contributed by atoms with Gasteiger partial charge in [-0.05, 0) is 36.4 Å². The van der Waals surface area contributed by atoms with Crippen LogP contribution < -0.4 is 0 Å². The van der Waals surface area contributed by atoms with E-state index in [9.17, 15) is 18.3 Å². The zero-order valence-electron chi connectivity index (χ0n) is 13.3. The molecule has 0 spiro atoms. The van der Waals surface area contributed by atoms with E-state index in [4.69, 9.17) is 11.6 Å². The van der Waals surface area contributed by atoms with Crippen LogP contribution in [0.1, 0.15) is 10.4 Å². The summed E-state index contributed by atoms with van der Waals surface area (Å²) in [5.41, 5.74) is 0.459. The standard InChI is InChI=1S/C17H17ClN2O4S/c18-15-3-1-2-4-16(15)25(23,24)20-11-9-19(10-12-20)17(22)13-5-7-14(21)8-6-13/h1-8,21H,9-12H2. The zero-order valence-corrected chi connectivity index (χ0v) is 14.9. The summed E-state index contributed by atoms with van der Waals surface area (Å²) in [5.74, 6) is -0.0954. The Hall–Kier alpha value is -2.09. The molecule has 132 valence electrons. The number of hydrogen-bond donors (Lipinski definition) is 1. The molecule has 0 bridgehead atoms. The molecule has 1 aliphatic heterocycles. The fraction of sp³-hybridized carbons (Fsp3) is 0.235. The average molecular weight is 381 g/mol. The number of hydrogen-bond acceptors (Lipinski definition) is 4. The highest BCUT2D eigenvalue weighted by molar-refractivity contribution is 7.89. The molecule has 3 rings (SSSR count). The molecule has 0 saturated carbocycles. The first-order valence-electron chi connectivity index (χ1n) is 7.72. The Kier molecular flexibility index (Phi) is 4.99. The molecule has 1 amide bonds. The molecule has 2 aromatic carbocycles. The number of benzene rings is 2. The molecule has 1 fully saturated rings. The van der Waals surface area contributed by atoms with Crippen LogP contribution in [0, 0.1) is 0 Å². The molecule has 0 unspecified atom stereocenters. The van der Waals surface area contributed by atoms with Gasteiger partial charge >= 0.3 is 0 Å². The molecule has 0 aliphatic carbocycles. The fourth-order valence-electron chi connectivity index (χ4n) is 2.71. The molecule has 0 radical (unpaired) electrons. The first kappa shape index (κ1) is 17.7. The molecule has 2 aromatic rings. The maximum Gasteiger partial charge on any atom is 0.253 e. The number of nitrogens with zero attached hydrogens (tertiary/aromatic N) is 2. The van der Waals surface area contributed by atoms with Crippen molar-refractivity contribution >= 4 is 27.5 Å². The van der Waals surface area contributed by atoms with Crippen molar-refractivity contribution in [1.29, 1.82) is 0 Å². The van der Waals surface area contributed by atoms with Gasteiger partial charge in [-0.25, -0.2) is 8.42 Å². The highest BCUT2D eigenvalue weighted by Gasteiger charge is 2.31. The zero-order chi connectivity index (χ0) is 18.0. The van der Waals surface area contributed by atoms with Crippen LogP contribution in [-0.4, -0.2) is 54.8 Å². The molecule has 0 aromatic heterocycles. The van der Waals surface area contributed by atoms with E-state index in [1.165, 1.54) is 22.5 Å². The molecule has 1 heterocycles. The first-order valence-corrected chi connectivity index (χ1v) is 9.54. The lowest BCUT2D eigenvalue weighted by molar-refractivity contribution is 0.0698. The molecule has 25 heavy (non-hydrogen) atoms. The average Bonchev–Trinajstić information content (AvgIpc) is 2.62. The third kappa shape index (κ3) is 3.63. The number of sulfonamides is 1. The smallest absolute Gasteiger partial charge is 0.253 e. The summed E-state index contributed by atoms with van der Waals surface area (Å²) in [6.07, 6.45) is 0. The van der Waals surface area contributed by atoms with E-state index in [-0.39, 0.29) is 34.7 Å². The normalized spacial score (nSPS) is 16.0. The number of phenolic OH excluding ortho intramolecular Hbond substituents is 1. The van der Waals surface area contributed by atoms with Crippen molar-refractivity contribution in [3.63, 3.8) is 0 Å². The Bertz CT molecular complexity index is 876. The topological polar surface area (TPSA) is 77.9 Å². The van der Waals surface area contributed by atoms with Crippen LogP contribution in [-0.2, 0) is 10.0 Å². The number of aromatic hydroxyl groups is 1. The highest BCUT2D eigenvalue weighted by Crippen LogP contribution is 2.25. The summed E-state index contributed by atoms with van der Waals surface area (Å²) in [6.45, 7) is 1.00. The summed E-state index contributed by atoms with van der Waals surface area (Å²) in [5, 5.41) is 9.48. The fourth-order valence-corrected chi connectivity index (χ4v) is 4.63. The van der Waals surface area contributed by atoms with Crippen molar-refractivity contribution in [3.8, 4) is 5.75 Å². The molecule has 1 saturated heterocycles. The molecule has 6 nitrogen and oxygen atoms in total. The predicted molar refractivity (Wildman–Crippen MR) is 94.2 cm³/mol. The number of amides is 1. The van der Waals surface area contributed by atoms with Crippen LogP contribution in [0.3, 0.4) is 0 Å². The van der Waals surface area contributed by atoms with E-state index >= 15 is 0 Å². The molecule has 8 heteroatoms. The van der Waals surface area contributed by atoms with Gasteiger partial charge in [0.2, 0.25) is 10.0 Å². The van der Waals surface area contributed by atoms with E-state index in [0.717, 1.165) is 0 Å². The van der Waals surface area contributed by atoms with Gasteiger partial charge in [0.1, 0.15) is 10.6 Å². The number of carbonyl (C=O) groups is 1. The van der Waals surface area contributed by atoms with E-state index in [2.05, 4.69) is 0 Å². The molecular formula is C17H17ClN2O4S. The van der Waals surface area contributed by atoms with Gasteiger partial charge in [-0.3, -0.25) is 4.79 Å². The lowest BCUT2D eigenvalue weighted by atomic mass is 10.2. The van der Waals surface area contributed by atoms with Crippen LogP contribution in [0.5, 0.6) is 5.75 Å². The number of halogens is 1. The lowest BCUT2D eigenvalue weighted by Gasteiger charge is -2.34. The van der Waals surface area contributed by atoms with Gasteiger partial charge in [0, 0.05) is 31.7 Å². The van der Waals surface area contributed by atoms with E-state index in [1.54, 1.807) is 35.2 Å². The summed E-state index contributed by atoms with van der Waals surface area (Å²) in [6, 6.07) is 12.3. The highest BCUT2D eigenvalue weighted by atomic mass is 35.5. The predicted octanol–water partition coefficient (Wildman–Crippen LogP) is 2.19. The van der Waals surface area contributed by atoms with Crippen LogP contribution >= 0.6 is 11.6 Å². The van der Waals surface area contributed by atoms with Crippen LogP contribution in [0.2, 0.25) is 5.02 Å². The number of phenols is 1. The van der Waals surface area contributed by atoms with Gasteiger partial charge in [0.25, 0.3) is 5.91 Å². The number of rotatable bonds is 3. The van der Waals surface area contributed by atoms with E-state index in [0.29, 0.717) is 18.7 Å². The second kappa shape index (κ2) is 7.03. The number of piperazine rings is 1. The van der Waals surface area contributed by atoms with Crippen molar-refractivity contribution in [3.05, 3.63) is 59.1 Å². The van der Waals surface area contributed by atoms with Crippen molar-refractivity contribution in [1.82, 2.24) is 9.21 Å². The van der Waals surface area contributed by atoms with Crippen molar-refractivity contribution in [2.45, 2.75) is 4.90 Å². The monoisotopic (exact) mass is 380 g/mol. The van der Waals surface area contributed by atoms with Crippen LogP contribution in [0.15, 0.2) is 53.4 Å². The molecular weight excluding hydrogens is 364 g/mol. The van der Waals surface area contributed by atoms with Crippen molar-refractivity contribution in [2.75, 3.05) is 26.2 Å². The molecule has 1 aliphatic rings.